The molecule has 0 nitrogen and oxygen atoms in total. The predicted molar refractivity (Wildman–Crippen MR) is 120 cm³/mol. The van der Waals surface area contributed by atoms with Crippen molar-refractivity contribution in [3.05, 3.63) is 114 Å². The second-order valence-electron chi connectivity index (χ2n) is 5.32. The summed E-state index contributed by atoms with van der Waals surface area (Å²) in [7, 11) is 0. The van der Waals surface area contributed by atoms with E-state index in [2.05, 4.69) is 93.5 Å². The van der Waals surface area contributed by atoms with E-state index in [1.54, 1.807) is 0 Å². The normalized spacial score (nSPS) is 8.19. The molecule has 0 N–H and O–H groups in total. The van der Waals surface area contributed by atoms with E-state index in [-0.39, 0.29) is 29.7 Å². The molecule has 4 aromatic rings. The first-order valence-corrected chi connectivity index (χ1v) is 11.4. The van der Waals surface area contributed by atoms with Crippen molar-refractivity contribution in [2.45, 2.75) is 13.8 Å². The molecule has 0 aliphatic heterocycles. The van der Waals surface area contributed by atoms with Gasteiger partial charge < -0.3 is 29.7 Å². The Morgan fingerprint density at radius 1 is 0.615 bits per heavy atom. The maximum atomic E-state index is 3.06. The van der Waals surface area contributed by atoms with Gasteiger partial charge in [0, 0.05) is 0 Å². The zero-order valence-electron chi connectivity index (χ0n) is 16.9. The van der Waals surface area contributed by atoms with Crippen LogP contribution < -0.4 is 0 Å². The topological polar surface area (TPSA) is 0 Å². The van der Waals surface area contributed by atoms with Gasteiger partial charge >= 0.3 is 30.2 Å². The summed E-state index contributed by atoms with van der Waals surface area (Å²) in [5.41, 5.74) is 2.70. The van der Waals surface area contributed by atoms with Gasteiger partial charge in [-0.15, -0.1) is 81.2 Å². The van der Waals surface area contributed by atoms with E-state index in [0.29, 0.717) is 0 Å². The third-order valence-electron chi connectivity index (χ3n) is 3.52. The average molecular weight is 438 g/mol. The molecular formula is C24H30SiZr-6. The van der Waals surface area contributed by atoms with Crippen LogP contribution in [0.1, 0.15) is 11.1 Å². The molecule has 0 aliphatic carbocycles. The molecule has 0 heterocycles. The van der Waals surface area contributed by atoms with Gasteiger partial charge in [-0.2, -0.15) is 12.1 Å². The quantitative estimate of drug-likeness (QED) is 0.202. The van der Waals surface area contributed by atoms with Crippen LogP contribution in [-0.4, -0.2) is 6.88 Å². The van der Waals surface area contributed by atoms with Crippen molar-refractivity contribution in [2.24, 2.45) is 0 Å². The van der Waals surface area contributed by atoms with Crippen LogP contribution in [0.4, 0.5) is 0 Å². The molecule has 0 aliphatic rings. The van der Waals surface area contributed by atoms with Crippen molar-refractivity contribution in [3.8, 4) is 0 Å². The molecule has 2 radical (unpaired) electrons. The Bertz CT molecular complexity index is 717. The third kappa shape index (κ3) is 7.98. The minimum atomic E-state index is 0. The van der Waals surface area contributed by atoms with E-state index in [9.17, 15) is 0 Å². The van der Waals surface area contributed by atoms with Gasteiger partial charge in [0.2, 0.25) is 0 Å². The van der Waals surface area contributed by atoms with Gasteiger partial charge in [-0.05, 0) is 0 Å². The van der Waals surface area contributed by atoms with Crippen LogP contribution in [0.25, 0.3) is 21.5 Å². The van der Waals surface area contributed by atoms with Crippen LogP contribution in [0, 0.1) is 43.6 Å². The molecule has 0 fully saturated rings. The molecule has 2 heteroatoms. The predicted octanol–water partition coefficient (Wildman–Crippen LogP) is 7.15. The van der Waals surface area contributed by atoms with Crippen molar-refractivity contribution in [1.82, 2.24) is 0 Å². The van der Waals surface area contributed by atoms with Gasteiger partial charge in [0.05, 0.1) is 0 Å². The van der Waals surface area contributed by atoms with Crippen LogP contribution >= 0.6 is 0 Å². The summed E-state index contributed by atoms with van der Waals surface area (Å²) in [4.78, 5) is 0. The van der Waals surface area contributed by atoms with Crippen molar-refractivity contribution in [3.63, 3.8) is 0 Å². The van der Waals surface area contributed by atoms with E-state index < -0.39 is 0 Å². The number of rotatable bonds is 0. The Balaban J connectivity index is -0.000000326. The van der Waals surface area contributed by atoms with Crippen LogP contribution in [-0.2, 0) is 23.3 Å². The molecule has 0 saturated carbocycles. The molecule has 0 saturated heterocycles. The van der Waals surface area contributed by atoms with Crippen molar-refractivity contribution in [2.75, 3.05) is 0 Å². The van der Waals surface area contributed by atoms with E-state index in [4.69, 9.17) is 0 Å². The number of fused-ring (bicyclic) bond motifs is 2. The summed E-state index contributed by atoms with van der Waals surface area (Å²) >= 11 is 1.36. The summed E-state index contributed by atoms with van der Waals surface area (Å²) < 4.78 is 0. The fourth-order valence-electron chi connectivity index (χ4n) is 2.61. The number of hydrogen-bond acceptors (Lipinski definition) is 0. The van der Waals surface area contributed by atoms with Gasteiger partial charge in [-0.3, -0.25) is 0 Å². The Labute approximate surface area is 178 Å². The van der Waals surface area contributed by atoms with Crippen LogP contribution in [0.5, 0.6) is 0 Å². The summed E-state index contributed by atoms with van der Waals surface area (Å²) in [6.45, 7) is 7.31. The number of hydrogen-bond donors (Lipinski definition) is 0. The first-order valence-electron chi connectivity index (χ1n) is 7.21. The summed E-state index contributed by atoms with van der Waals surface area (Å²) in [5, 5.41) is 5.39. The molecule has 0 amide bonds. The minimum absolute atomic E-state index is 0. The van der Waals surface area contributed by atoms with Crippen molar-refractivity contribution >= 4 is 28.4 Å². The summed E-state index contributed by atoms with van der Waals surface area (Å²) in [6, 6.07) is 25.7. The van der Waals surface area contributed by atoms with Gasteiger partial charge in [0.15, 0.2) is 0 Å². The Morgan fingerprint density at radius 2 is 0.923 bits per heavy atom. The molecule has 0 unspecified atom stereocenters. The first kappa shape index (κ1) is 29.5. The molecule has 0 bridgehead atoms. The zero-order chi connectivity index (χ0) is 15.9. The summed E-state index contributed by atoms with van der Waals surface area (Å²) in [6.07, 6.45) is 0. The summed E-state index contributed by atoms with van der Waals surface area (Å²) in [5.74, 6) is 0. The molecule has 26 heavy (non-hydrogen) atoms. The molecule has 4 aromatic carbocycles. The molecule has 0 spiro atoms. The maximum absolute atomic E-state index is 3.06. The molecular weight excluding hydrogens is 408 g/mol. The number of aryl methyl sites for hydroxylation is 2. The standard InChI is InChI=1S/2C10H9.4CH3.Si.Zr/c2*1-8-6-9-4-2-3-5-10(9)7-8;;;;;;/h2*2-7H,1H3;4*1H3;;/q6*-1;;. The molecule has 140 valence electrons. The van der Waals surface area contributed by atoms with Crippen molar-refractivity contribution < 1.29 is 23.3 Å². The van der Waals surface area contributed by atoms with E-state index in [1.807, 2.05) is 0 Å². The Morgan fingerprint density at radius 3 is 1.23 bits per heavy atom. The molecule has 4 rings (SSSR count). The van der Waals surface area contributed by atoms with E-state index in [0.717, 1.165) is 0 Å². The van der Waals surface area contributed by atoms with Crippen LogP contribution in [0.15, 0.2) is 72.8 Å². The van der Waals surface area contributed by atoms with Gasteiger partial charge in [-0.25, -0.2) is 0 Å². The van der Waals surface area contributed by atoms with Gasteiger partial charge in [0.1, 0.15) is 0 Å². The Kier molecular flexibility index (Phi) is 16.9. The fourth-order valence-corrected chi connectivity index (χ4v) is 2.61. The average Bonchev–Trinajstić information content (AvgIpc) is 3.10. The zero-order valence-corrected chi connectivity index (χ0v) is 20.4. The van der Waals surface area contributed by atoms with Crippen molar-refractivity contribution in [1.29, 1.82) is 0 Å². The van der Waals surface area contributed by atoms with Crippen LogP contribution in [0.2, 0.25) is 0 Å². The second-order valence-corrected chi connectivity index (χ2v) is 5.32. The Hall–Kier alpha value is -1.24. The van der Waals surface area contributed by atoms with Gasteiger partial charge in [-0.1, -0.05) is 26.0 Å². The van der Waals surface area contributed by atoms with Crippen LogP contribution in [0.3, 0.4) is 0 Å². The fraction of sp³-hybridized carbons (Fsp3) is 0.0833. The van der Waals surface area contributed by atoms with E-state index >= 15 is 0 Å². The first-order chi connectivity index (χ1) is 10.7. The van der Waals surface area contributed by atoms with E-state index in [1.165, 1.54) is 56.0 Å². The monoisotopic (exact) mass is 436 g/mol. The molecule has 0 aromatic heterocycles. The SMILES string of the molecule is Cc1cc2ccccc2[cH-]1.Cc1cc2ccccc2[cH-]1.[CH3-].[CH3-].[CH3-].[CH3-].[Si]=[Zr]. The molecule has 0 atom stereocenters. The third-order valence-corrected chi connectivity index (χ3v) is 3.52. The second kappa shape index (κ2) is 14.9. The van der Waals surface area contributed by atoms with Gasteiger partial charge in [0.25, 0.3) is 0 Å². The number of benzene rings is 2.